The molecule has 0 unspecified atom stereocenters. The van der Waals surface area contributed by atoms with Crippen molar-refractivity contribution in [2.75, 3.05) is 5.32 Å². The maximum Gasteiger partial charge on any atom is 0.167 e. The molecule has 4 atom stereocenters. The molecule has 0 amide bonds. The summed E-state index contributed by atoms with van der Waals surface area (Å²) in [7, 11) is 0. The van der Waals surface area contributed by atoms with Gasteiger partial charge in [0.2, 0.25) is 0 Å². The first-order valence-electron chi connectivity index (χ1n) is 7.87. The highest BCUT2D eigenvalue weighted by Gasteiger charge is 2.43. The van der Waals surface area contributed by atoms with Crippen molar-refractivity contribution in [2.24, 2.45) is 0 Å². The van der Waals surface area contributed by atoms with Crippen LogP contribution in [0.25, 0.3) is 11.2 Å². The lowest BCUT2D eigenvalue weighted by molar-refractivity contribution is -0.0230. The van der Waals surface area contributed by atoms with E-state index in [9.17, 15) is 14.6 Å². The number of hydrogen-bond donors (Lipinski definition) is 3. The van der Waals surface area contributed by atoms with E-state index >= 15 is 0 Å². The van der Waals surface area contributed by atoms with Gasteiger partial charge in [-0.15, -0.1) is 6.42 Å². The molecule has 138 valence electrons. The van der Waals surface area contributed by atoms with E-state index in [0.717, 1.165) is 0 Å². The van der Waals surface area contributed by atoms with Gasteiger partial charge < -0.3 is 20.3 Å². The fraction of sp³-hybridized carbons (Fsp3) is 0.235. The predicted molar refractivity (Wildman–Crippen MR) is 94.8 cm³/mol. The van der Waals surface area contributed by atoms with Gasteiger partial charge in [0, 0.05) is 5.02 Å². The molecule has 10 heteroatoms. The smallest absolute Gasteiger partial charge is 0.167 e. The van der Waals surface area contributed by atoms with E-state index in [2.05, 4.69) is 26.2 Å². The Hall–Kier alpha value is -2.77. The molecule has 1 aliphatic heterocycles. The van der Waals surface area contributed by atoms with Gasteiger partial charge in [-0.2, -0.15) is 0 Å². The molecule has 1 aliphatic rings. The van der Waals surface area contributed by atoms with Crippen LogP contribution in [-0.4, -0.2) is 48.0 Å². The molecule has 1 fully saturated rings. The van der Waals surface area contributed by atoms with Crippen LogP contribution in [0.15, 0.2) is 30.9 Å². The second-order valence-corrected chi connectivity index (χ2v) is 6.33. The number of hydrogen-bond acceptors (Lipinski definition) is 7. The lowest BCUT2D eigenvalue weighted by atomic mass is 10.1. The van der Waals surface area contributed by atoms with Crippen LogP contribution in [0.1, 0.15) is 6.23 Å². The second-order valence-electron chi connectivity index (χ2n) is 5.89. The third kappa shape index (κ3) is 2.98. The lowest BCUT2D eigenvalue weighted by Crippen LogP contribution is -2.30. The highest BCUT2D eigenvalue weighted by atomic mass is 35.5. The first-order chi connectivity index (χ1) is 13.0. The number of nitrogens with zero attached hydrogens (tertiary/aromatic N) is 4. The minimum atomic E-state index is -1.26. The topological polar surface area (TPSA) is 105 Å². The normalized spacial score (nSPS) is 24.9. The molecule has 4 rings (SSSR count). The third-order valence-electron chi connectivity index (χ3n) is 4.22. The maximum atomic E-state index is 14.0. The number of terminal acetylenes is 1. The molecule has 27 heavy (non-hydrogen) atoms. The Labute approximate surface area is 157 Å². The summed E-state index contributed by atoms with van der Waals surface area (Å²) in [4.78, 5) is 12.5. The molecule has 1 saturated heterocycles. The summed E-state index contributed by atoms with van der Waals surface area (Å²) in [5, 5.41) is 23.3. The summed E-state index contributed by atoms with van der Waals surface area (Å²) in [6.45, 7) is 0. The fourth-order valence-electron chi connectivity index (χ4n) is 2.87. The van der Waals surface area contributed by atoms with Crippen LogP contribution < -0.4 is 5.32 Å². The Morgan fingerprint density at radius 1 is 1.26 bits per heavy atom. The number of aromatic nitrogens is 4. The van der Waals surface area contributed by atoms with E-state index in [1.807, 2.05) is 0 Å². The van der Waals surface area contributed by atoms with Gasteiger partial charge in [-0.1, -0.05) is 17.5 Å². The minimum Gasteiger partial charge on any atom is -0.386 e. The van der Waals surface area contributed by atoms with Crippen LogP contribution >= 0.6 is 11.6 Å². The van der Waals surface area contributed by atoms with Gasteiger partial charge >= 0.3 is 0 Å². The van der Waals surface area contributed by atoms with Gasteiger partial charge in [-0.05, 0) is 18.2 Å². The number of imidazole rings is 1. The summed E-state index contributed by atoms with van der Waals surface area (Å²) in [5.41, 5.74) is 0.797. The molecule has 0 bridgehead atoms. The first kappa shape index (κ1) is 17.6. The van der Waals surface area contributed by atoms with Crippen molar-refractivity contribution in [3.63, 3.8) is 0 Å². The number of benzene rings is 1. The Balaban J connectivity index is 1.71. The Morgan fingerprint density at radius 2 is 2.07 bits per heavy atom. The van der Waals surface area contributed by atoms with Crippen molar-refractivity contribution >= 4 is 34.3 Å². The average molecular weight is 390 g/mol. The number of nitrogens with one attached hydrogen (secondary N) is 1. The Bertz CT molecular complexity index is 1050. The summed E-state index contributed by atoms with van der Waals surface area (Å²) < 4.78 is 21.0. The number of ether oxygens (including phenoxy) is 1. The molecule has 0 spiro atoms. The first-order valence-corrected chi connectivity index (χ1v) is 8.24. The van der Waals surface area contributed by atoms with Crippen molar-refractivity contribution in [3.8, 4) is 12.3 Å². The number of rotatable bonds is 3. The van der Waals surface area contributed by atoms with Crippen LogP contribution in [0.3, 0.4) is 0 Å². The zero-order chi connectivity index (χ0) is 19.1. The largest absolute Gasteiger partial charge is 0.386 e. The van der Waals surface area contributed by atoms with E-state index in [1.54, 1.807) is 0 Å². The van der Waals surface area contributed by atoms with Crippen LogP contribution in [0.4, 0.5) is 15.9 Å². The fourth-order valence-corrected chi connectivity index (χ4v) is 3.03. The Morgan fingerprint density at radius 3 is 2.78 bits per heavy atom. The van der Waals surface area contributed by atoms with Crippen molar-refractivity contribution in [3.05, 3.63) is 41.7 Å². The van der Waals surface area contributed by atoms with Gasteiger partial charge in [0.1, 0.15) is 30.5 Å². The molecule has 3 heterocycles. The molecule has 3 aromatic rings. The third-order valence-corrected chi connectivity index (χ3v) is 4.45. The van der Waals surface area contributed by atoms with Crippen molar-refractivity contribution in [1.29, 1.82) is 0 Å². The van der Waals surface area contributed by atoms with Crippen LogP contribution in [0, 0.1) is 18.2 Å². The van der Waals surface area contributed by atoms with Crippen LogP contribution in [0.2, 0.25) is 5.02 Å². The number of anilines is 2. The van der Waals surface area contributed by atoms with Crippen molar-refractivity contribution < 1.29 is 19.3 Å². The van der Waals surface area contributed by atoms with E-state index < -0.39 is 30.4 Å². The van der Waals surface area contributed by atoms with Gasteiger partial charge in [-0.25, -0.2) is 19.3 Å². The highest BCUT2D eigenvalue weighted by molar-refractivity contribution is 6.30. The molecular weight excluding hydrogens is 377 g/mol. The minimum absolute atomic E-state index is 0.161. The summed E-state index contributed by atoms with van der Waals surface area (Å²) >= 11 is 5.76. The SMILES string of the molecule is C#C[C@H]1O[C@@H](n2cnc3c(Nc4ccc(Cl)cc4F)ncnc32)[C@H](O)[C@@H]1O. The lowest BCUT2D eigenvalue weighted by Gasteiger charge is -2.16. The van der Waals surface area contributed by atoms with E-state index in [0.29, 0.717) is 11.2 Å². The number of fused-ring (bicyclic) bond motifs is 1. The van der Waals surface area contributed by atoms with Crippen LogP contribution in [0.5, 0.6) is 0 Å². The zero-order valence-corrected chi connectivity index (χ0v) is 14.4. The average Bonchev–Trinajstić information content (AvgIpc) is 3.20. The standard InChI is InChI=1S/C17H13ClFN5O3/c1-2-11-13(25)14(26)17(27-11)24-7-22-12-15(20-6-21-16(12)24)23-10-4-3-8(18)5-9(10)19/h1,3-7,11,13-14,17,25-26H,(H,20,21,23)/t11-,13-,14-,17-/m1/s1. The van der Waals surface area contributed by atoms with E-state index in [4.69, 9.17) is 22.8 Å². The monoisotopic (exact) mass is 389 g/mol. The Kier molecular flexibility index (Phi) is 4.41. The van der Waals surface area contributed by atoms with Crippen molar-refractivity contribution in [2.45, 2.75) is 24.5 Å². The quantitative estimate of drug-likeness (QED) is 0.584. The highest BCUT2D eigenvalue weighted by Crippen LogP contribution is 2.32. The molecular formula is C17H13ClFN5O3. The maximum absolute atomic E-state index is 14.0. The van der Waals surface area contributed by atoms with E-state index in [-0.39, 0.29) is 16.5 Å². The van der Waals surface area contributed by atoms with Crippen molar-refractivity contribution in [1.82, 2.24) is 19.5 Å². The number of aliphatic hydroxyl groups excluding tert-OH is 2. The molecule has 0 aliphatic carbocycles. The second kappa shape index (κ2) is 6.75. The van der Waals surface area contributed by atoms with Gasteiger partial charge in [0.25, 0.3) is 0 Å². The molecule has 8 nitrogen and oxygen atoms in total. The summed E-state index contributed by atoms with van der Waals surface area (Å²) in [6, 6.07) is 4.18. The molecule has 3 N–H and O–H groups in total. The molecule has 2 aromatic heterocycles. The van der Waals surface area contributed by atoms with Gasteiger partial charge in [-0.3, -0.25) is 4.57 Å². The zero-order valence-electron chi connectivity index (χ0n) is 13.6. The molecule has 1 aromatic carbocycles. The predicted octanol–water partition coefficient (Wildman–Crippen LogP) is 1.61. The number of halogens is 2. The molecule has 0 saturated carbocycles. The number of aliphatic hydroxyl groups is 2. The van der Waals surface area contributed by atoms with Crippen LogP contribution in [-0.2, 0) is 4.74 Å². The summed E-state index contributed by atoms with van der Waals surface area (Å²) in [6.07, 6.45) is 3.51. The van der Waals surface area contributed by atoms with E-state index in [1.165, 1.54) is 35.4 Å². The van der Waals surface area contributed by atoms with Gasteiger partial charge in [0.05, 0.1) is 12.0 Å². The molecule has 0 radical (unpaired) electrons. The van der Waals surface area contributed by atoms with Gasteiger partial charge in [0.15, 0.2) is 23.2 Å². The summed E-state index contributed by atoms with van der Waals surface area (Å²) in [5.74, 6) is 1.97.